The number of pyridine rings is 4. The van der Waals surface area contributed by atoms with Gasteiger partial charge in [0.05, 0.1) is 73.7 Å². The van der Waals surface area contributed by atoms with Crippen molar-refractivity contribution in [2.75, 3.05) is 55.1 Å². The molecule has 0 spiro atoms. The number of aliphatic imine (C=N–C) groups is 1. The third-order valence-corrected chi connectivity index (χ3v) is 14.9. The number of rotatable bonds is 4. The Morgan fingerprint density at radius 3 is 1.45 bits per heavy atom. The van der Waals surface area contributed by atoms with E-state index in [-0.39, 0.29) is 74.0 Å². The number of anilines is 6. The number of fused-ring (bicyclic) bond motifs is 12. The second kappa shape index (κ2) is 21.7. The number of aromatic amines is 4. The van der Waals surface area contributed by atoms with Crippen LogP contribution in [-0.4, -0.2) is 115 Å². The van der Waals surface area contributed by atoms with Crippen molar-refractivity contribution in [1.29, 1.82) is 0 Å². The summed E-state index contributed by atoms with van der Waals surface area (Å²) in [5.41, 5.74) is 48.1. The lowest BCUT2D eigenvalue weighted by atomic mass is 9.99. The van der Waals surface area contributed by atoms with E-state index < -0.39 is 5.97 Å². The highest BCUT2D eigenvalue weighted by Gasteiger charge is 2.30. The fraction of sp³-hybridized carbons (Fsp3) is 0.107. The van der Waals surface area contributed by atoms with Gasteiger partial charge in [0.15, 0.2) is 27.7 Å². The van der Waals surface area contributed by atoms with Crippen molar-refractivity contribution >= 4 is 114 Å². The number of nitrogen functional groups attached to an aromatic ring is 6. The first-order valence-electron chi connectivity index (χ1n) is 26.5. The molecule has 0 saturated heterocycles. The van der Waals surface area contributed by atoms with Gasteiger partial charge in [-0.1, -0.05) is 0 Å². The summed E-state index contributed by atoms with van der Waals surface area (Å²) in [6.07, 6.45) is 14.8. The van der Waals surface area contributed by atoms with Gasteiger partial charge in [0.1, 0.15) is 22.6 Å². The molecule has 14 aromatic heterocycles. The van der Waals surface area contributed by atoms with E-state index in [0.717, 1.165) is 23.0 Å². The third-order valence-electron chi connectivity index (χ3n) is 14.9. The summed E-state index contributed by atoms with van der Waals surface area (Å²) < 4.78 is 12.6. The topological polar surface area (TPSA) is 485 Å². The van der Waals surface area contributed by atoms with E-state index in [1.165, 1.54) is 78.2 Å². The highest BCUT2D eigenvalue weighted by atomic mass is 16.5. The average Bonchev–Trinajstić information content (AvgIpc) is 1.67. The summed E-state index contributed by atoms with van der Waals surface area (Å²) in [4.78, 5) is 120. The van der Waals surface area contributed by atoms with Gasteiger partial charge in [-0.25, -0.2) is 39.7 Å². The van der Waals surface area contributed by atoms with Gasteiger partial charge >= 0.3 is 5.97 Å². The molecule has 1 aliphatic rings. The van der Waals surface area contributed by atoms with Crippen LogP contribution < -0.4 is 67.4 Å². The van der Waals surface area contributed by atoms with E-state index in [2.05, 4.69) is 59.8 Å². The molecule has 88 heavy (non-hydrogen) atoms. The molecule has 18 N–H and O–H groups in total. The summed E-state index contributed by atoms with van der Waals surface area (Å²) >= 11 is 0. The Labute approximate surface area is 490 Å². The van der Waals surface area contributed by atoms with Crippen molar-refractivity contribution in [3.8, 4) is 22.5 Å². The molecular weight excluding hydrogens is 1130 g/mol. The van der Waals surface area contributed by atoms with Gasteiger partial charge in [-0.3, -0.25) is 51.1 Å². The largest absolute Gasteiger partial charge is 0.465 e. The van der Waals surface area contributed by atoms with Crippen LogP contribution in [0, 0.1) is 0 Å². The third kappa shape index (κ3) is 9.03. The average molecular weight is 1190 g/mol. The minimum Gasteiger partial charge on any atom is -0.465 e. The predicted molar refractivity (Wildman–Crippen MR) is 332 cm³/mol. The number of nitrogens with two attached hydrogens (primary N) is 7. The smallest absolute Gasteiger partial charge is 0.340 e. The van der Waals surface area contributed by atoms with Crippen LogP contribution in [0.1, 0.15) is 28.4 Å². The van der Waals surface area contributed by atoms with Gasteiger partial charge in [-0.2, -0.15) is 0 Å². The van der Waals surface area contributed by atoms with Crippen LogP contribution >= 0.6 is 0 Å². The van der Waals surface area contributed by atoms with Crippen LogP contribution in [0.3, 0.4) is 0 Å². The summed E-state index contributed by atoms with van der Waals surface area (Å²) in [6.45, 7) is 0.630. The zero-order valence-corrected chi connectivity index (χ0v) is 46.6. The molecule has 0 aliphatic carbocycles. The first-order valence-corrected chi connectivity index (χ1v) is 26.5. The molecule has 0 amide bonds. The highest BCUT2D eigenvalue weighted by Crippen LogP contribution is 2.37. The number of nitrogens with zero attached hydrogens (tertiary/aromatic N) is 14. The number of aromatic nitrogens is 16. The Bertz CT molecular complexity index is 5530. The second-order valence-electron chi connectivity index (χ2n) is 19.7. The van der Waals surface area contributed by atoms with Crippen molar-refractivity contribution in [2.24, 2.45) is 17.8 Å². The number of methoxy groups -OCH3 is 1. The zero-order chi connectivity index (χ0) is 62.0. The summed E-state index contributed by atoms with van der Waals surface area (Å²) in [7, 11) is 4.68. The lowest BCUT2D eigenvalue weighted by Gasteiger charge is -2.32. The number of esters is 1. The number of carbonyl (C=O) groups is 1. The minimum absolute atomic E-state index is 0.0368. The maximum atomic E-state index is 12.5. The number of nitrogens with one attached hydrogen (secondary N) is 4. The Morgan fingerprint density at radius 2 is 0.943 bits per heavy atom. The standard InChI is InChI=1S/C15H13N7O2.C15H17N7O.C14H11N7O.C12H10N4O3/c1-21-10(24)6-7(20-15(21)17)11-8-2-4-19-14(16)22(8)13-12(11)9(23)3-5-18-13;1-21-8(2-5-19-14(21)16)11-9-3-6-20-15(17)22(9)13-12(11)10(23)4-7-18-13;15-13-18-4-1-7(20-13)10-8-2-5-19-14(16)21(8)12-11(10)9(22)3-6-17-12;1-19-11(18)8-6-2-4-15-12(13)16(6)10-9(8)7(17)3-5-14-10/h2-6H,1H3,(H2,16,19)(H2,17,20)(H,18,23);3-4,6-8H,2,5H2,1H3,(H2,16,19)(H2,17,20)(H,18,23);1-6H,(H2,16,19)(H,17,22)(H2,15,18,20);2-5H,1H3,(H2,13,15)(H,14,17). The second-order valence-corrected chi connectivity index (χ2v) is 19.7. The van der Waals surface area contributed by atoms with E-state index in [1.54, 1.807) is 68.5 Å². The molecule has 32 nitrogen and oxygen atoms in total. The van der Waals surface area contributed by atoms with E-state index >= 15 is 0 Å². The molecule has 1 atom stereocenters. The number of carbonyl (C=O) groups excluding carboxylic acids is 1. The molecule has 15 rings (SSSR count). The molecule has 32 heteroatoms. The molecular formula is C56H51N25O7. The SMILES string of the molecule is CN1C(N)=NCCC1c1c2c(=O)cc[nH]c2n2c(N)nccc12.COC(=O)c1c2c(=O)cc[nH]c2n2c(N)nccc12.Cn1c(N)nc(-c2c3c(=O)cc[nH]c3n3c(N)nccc23)cc1=O.Nc1nccc(-c2c3c(=O)cc[nH]c3n3c(N)nccc23)n1. The molecule has 1 aliphatic heterocycles. The fourth-order valence-electron chi connectivity index (χ4n) is 11.0. The van der Waals surface area contributed by atoms with Crippen molar-refractivity contribution < 1.29 is 9.53 Å². The van der Waals surface area contributed by atoms with Crippen molar-refractivity contribution in [3.63, 3.8) is 0 Å². The molecule has 0 radical (unpaired) electrons. The van der Waals surface area contributed by atoms with E-state index in [9.17, 15) is 28.8 Å². The predicted octanol–water partition coefficient (Wildman–Crippen LogP) is 1.89. The molecule has 0 bridgehead atoms. The monoisotopic (exact) mass is 1190 g/mol. The van der Waals surface area contributed by atoms with E-state index in [1.807, 2.05) is 18.0 Å². The Balaban J connectivity index is 0.000000115. The highest BCUT2D eigenvalue weighted by molar-refractivity contribution is 6.11. The van der Waals surface area contributed by atoms with Gasteiger partial charge in [0, 0.05) is 123 Å². The minimum atomic E-state index is -0.588. The first-order chi connectivity index (χ1) is 42.4. The molecule has 0 aromatic carbocycles. The van der Waals surface area contributed by atoms with Crippen LogP contribution in [-0.2, 0) is 11.8 Å². The number of hydrogen-bond donors (Lipinski definition) is 11. The zero-order valence-electron chi connectivity index (χ0n) is 46.6. The maximum Gasteiger partial charge on any atom is 0.340 e. The van der Waals surface area contributed by atoms with Crippen LogP contribution in [0.15, 0.2) is 145 Å². The first kappa shape index (κ1) is 55.6. The quantitative estimate of drug-likeness (QED) is 0.112. The summed E-state index contributed by atoms with van der Waals surface area (Å²) in [6, 6.07) is 15.7. The van der Waals surface area contributed by atoms with Crippen LogP contribution in [0.2, 0.25) is 0 Å². The maximum absolute atomic E-state index is 12.5. The summed E-state index contributed by atoms with van der Waals surface area (Å²) in [5.74, 6) is 1.08. The number of ether oxygens (including phenoxy) is 1. The van der Waals surface area contributed by atoms with Crippen LogP contribution in [0.5, 0.6) is 0 Å². The van der Waals surface area contributed by atoms with Crippen LogP contribution in [0.4, 0.5) is 35.7 Å². The molecule has 14 aromatic rings. The normalized spacial score (nSPS) is 13.1. The fourth-order valence-corrected chi connectivity index (χ4v) is 11.0. The number of guanidine groups is 1. The van der Waals surface area contributed by atoms with E-state index in [4.69, 9.17) is 44.9 Å². The van der Waals surface area contributed by atoms with Crippen molar-refractivity contribution in [1.82, 2.24) is 81.9 Å². The molecule has 0 saturated carbocycles. The lowest BCUT2D eigenvalue weighted by Crippen LogP contribution is -2.40. The van der Waals surface area contributed by atoms with Gasteiger partial charge in [-0.15, -0.1) is 0 Å². The lowest BCUT2D eigenvalue weighted by molar-refractivity contribution is 0.0605. The Hall–Kier alpha value is -12.9. The van der Waals surface area contributed by atoms with Gasteiger partial charge < -0.3 is 69.7 Å². The van der Waals surface area contributed by atoms with Gasteiger partial charge in [0.2, 0.25) is 35.7 Å². The molecule has 15 heterocycles. The van der Waals surface area contributed by atoms with Gasteiger partial charge in [-0.05, 0) is 36.8 Å². The molecule has 0 fully saturated rings. The number of hydrogen-bond acceptors (Lipinski definition) is 23. The Morgan fingerprint density at radius 1 is 0.511 bits per heavy atom. The summed E-state index contributed by atoms with van der Waals surface area (Å²) in [5, 5.41) is 1.73. The van der Waals surface area contributed by atoms with E-state index in [0.29, 0.717) is 90.7 Å². The van der Waals surface area contributed by atoms with Crippen molar-refractivity contribution in [2.45, 2.75) is 12.5 Å². The number of H-pyrrole nitrogens is 4. The van der Waals surface area contributed by atoms with Crippen LogP contribution in [0.25, 0.3) is 88.7 Å². The van der Waals surface area contributed by atoms with Crippen molar-refractivity contribution in [3.05, 3.63) is 179 Å². The van der Waals surface area contributed by atoms with Gasteiger partial charge in [0.25, 0.3) is 5.56 Å². The molecule has 1 unspecified atom stereocenters. The molecule has 442 valence electrons. The Kier molecular flexibility index (Phi) is 13.7.